The van der Waals surface area contributed by atoms with Crippen molar-refractivity contribution in [2.24, 2.45) is 0 Å². The highest BCUT2D eigenvalue weighted by atomic mass is 32.2. The van der Waals surface area contributed by atoms with Gasteiger partial charge in [-0.1, -0.05) is 19.6 Å². The van der Waals surface area contributed by atoms with Crippen LogP contribution in [0, 0.1) is 11.3 Å². The standard InChI is InChI=1S/C28H40N8O4SSi/c1-34(2)41(38,39)33-21-9-12-30-25(17-21)24-18-31-28-23(10-14-36(28)20-40-15-16-42(3,4)5)27(24)32-22-7-6-13-35(19-22)26(37)8-11-29/h9-10,12,14,17-18,22H,6-8,13,15-16,19-20H2,1-5H3,(H,30,33)(H,31,32)/t22-/m1/s1. The number of carbonyl (C=O) groups is 1. The normalized spacial score (nSPS) is 16.0. The number of pyridine rings is 2. The van der Waals surface area contributed by atoms with E-state index in [0.29, 0.717) is 43.4 Å². The third-order valence-corrected chi connectivity index (χ3v) is 10.3. The van der Waals surface area contributed by atoms with Gasteiger partial charge in [0.1, 0.15) is 18.8 Å². The quantitative estimate of drug-likeness (QED) is 0.231. The van der Waals surface area contributed by atoms with Gasteiger partial charge >= 0.3 is 10.2 Å². The van der Waals surface area contributed by atoms with Gasteiger partial charge in [0.05, 0.1) is 23.1 Å². The molecule has 1 aliphatic rings. The fraction of sp³-hybridized carbons (Fsp3) is 0.500. The van der Waals surface area contributed by atoms with E-state index < -0.39 is 18.3 Å². The van der Waals surface area contributed by atoms with Gasteiger partial charge in [-0.05, 0) is 37.1 Å². The number of hydrogen-bond donors (Lipinski definition) is 2. The second-order valence-electron chi connectivity index (χ2n) is 11.9. The molecule has 12 nitrogen and oxygen atoms in total. The van der Waals surface area contributed by atoms with Gasteiger partial charge in [0.15, 0.2) is 0 Å². The topological polar surface area (TPSA) is 145 Å². The van der Waals surface area contributed by atoms with Crippen LogP contribution in [0.4, 0.5) is 11.4 Å². The average molecular weight is 613 g/mol. The van der Waals surface area contributed by atoms with E-state index in [0.717, 1.165) is 39.9 Å². The third kappa shape index (κ3) is 7.85. The lowest BCUT2D eigenvalue weighted by atomic mass is 10.0. The monoisotopic (exact) mass is 612 g/mol. The molecule has 1 amide bonds. The van der Waals surface area contributed by atoms with Crippen molar-refractivity contribution in [3.63, 3.8) is 0 Å². The Kier molecular flexibility index (Phi) is 9.88. The molecule has 1 aliphatic heterocycles. The molecule has 42 heavy (non-hydrogen) atoms. The summed E-state index contributed by atoms with van der Waals surface area (Å²) in [5.41, 5.74) is 3.15. The Labute approximate surface area is 248 Å². The summed E-state index contributed by atoms with van der Waals surface area (Å²) in [6.45, 7) is 9.11. The van der Waals surface area contributed by atoms with Crippen molar-refractivity contribution >= 4 is 46.6 Å². The van der Waals surface area contributed by atoms with Crippen LogP contribution in [-0.2, 0) is 26.5 Å². The number of nitriles is 1. The second kappa shape index (κ2) is 13.2. The second-order valence-corrected chi connectivity index (χ2v) is 19.4. The fourth-order valence-electron chi connectivity index (χ4n) is 4.72. The maximum absolute atomic E-state index is 12.5. The van der Waals surface area contributed by atoms with Gasteiger partial charge in [0, 0.05) is 77.4 Å². The van der Waals surface area contributed by atoms with Crippen LogP contribution in [0.3, 0.4) is 0 Å². The van der Waals surface area contributed by atoms with Crippen molar-refractivity contribution < 1.29 is 17.9 Å². The largest absolute Gasteiger partial charge is 0.379 e. The Bertz CT molecular complexity index is 1560. The summed E-state index contributed by atoms with van der Waals surface area (Å²) < 4.78 is 36.5. The van der Waals surface area contributed by atoms with Crippen LogP contribution in [0.15, 0.2) is 36.8 Å². The highest BCUT2D eigenvalue weighted by Gasteiger charge is 2.26. The zero-order chi connectivity index (χ0) is 30.5. The van der Waals surface area contributed by atoms with Crippen LogP contribution < -0.4 is 10.0 Å². The van der Waals surface area contributed by atoms with Gasteiger partial charge in [0.25, 0.3) is 0 Å². The molecule has 0 aliphatic carbocycles. The number of likely N-dealkylation sites (tertiary alicyclic amines) is 1. The lowest BCUT2D eigenvalue weighted by Crippen LogP contribution is -2.45. The Hall–Kier alpha value is -3.51. The first-order valence-electron chi connectivity index (χ1n) is 14.0. The van der Waals surface area contributed by atoms with E-state index in [2.05, 4.69) is 34.7 Å². The molecule has 0 saturated carbocycles. The van der Waals surface area contributed by atoms with Crippen molar-refractivity contribution in [1.82, 2.24) is 23.7 Å². The van der Waals surface area contributed by atoms with Crippen molar-refractivity contribution in [3.05, 3.63) is 36.8 Å². The van der Waals surface area contributed by atoms with Crippen LogP contribution in [0.25, 0.3) is 22.3 Å². The van der Waals surface area contributed by atoms with Gasteiger partial charge < -0.3 is 19.5 Å². The number of rotatable bonds is 12. The maximum atomic E-state index is 12.5. The number of nitrogens with one attached hydrogen (secondary N) is 2. The molecule has 3 aromatic heterocycles. The summed E-state index contributed by atoms with van der Waals surface area (Å²) in [6.07, 6.45) is 6.74. The molecular formula is C28H40N8O4SSi. The molecule has 0 radical (unpaired) electrons. The van der Waals surface area contributed by atoms with Gasteiger partial charge in [-0.3, -0.25) is 14.5 Å². The molecule has 4 heterocycles. The molecular weight excluding hydrogens is 573 g/mol. The molecule has 1 saturated heterocycles. The van der Waals surface area contributed by atoms with Crippen LogP contribution in [-0.4, -0.2) is 86.0 Å². The Morgan fingerprint density at radius 2 is 2.05 bits per heavy atom. The number of ether oxygens (including phenoxy) is 1. The van der Waals surface area contributed by atoms with E-state index >= 15 is 0 Å². The number of amides is 1. The van der Waals surface area contributed by atoms with Crippen molar-refractivity contribution in [2.75, 3.05) is 43.8 Å². The predicted octanol–water partition coefficient (Wildman–Crippen LogP) is 3.95. The summed E-state index contributed by atoms with van der Waals surface area (Å²) in [7, 11) is -2.01. The highest BCUT2D eigenvalue weighted by Crippen LogP contribution is 2.35. The number of piperidine rings is 1. The molecule has 1 fully saturated rings. The van der Waals surface area contributed by atoms with E-state index in [1.54, 1.807) is 29.4 Å². The van der Waals surface area contributed by atoms with Crippen molar-refractivity contribution in [3.8, 4) is 17.3 Å². The first-order valence-corrected chi connectivity index (χ1v) is 19.2. The van der Waals surface area contributed by atoms with Crippen LogP contribution in [0.5, 0.6) is 0 Å². The minimum atomic E-state index is -3.70. The Morgan fingerprint density at radius 1 is 1.26 bits per heavy atom. The van der Waals surface area contributed by atoms with Gasteiger partial charge in [-0.15, -0.1) is 0 Å². The van der Waals surface area contributed by atoms with Crippen LogP contribution in [0.2, 0.25) is 25.7 Å². The number of fused-ring (bicyclic) bond motifs is 1. The molecule has 0 unspecified atom stereocenters. The minimum absolute atomic E-state index is 0.0579. The van der Waals surface area contributed by atoms with E-state index in [1.807, 2.05) is 22.9 Å². The zero-order valence-electron chi connectivity index (χ0n) is 24.9. The number of aromatic nitrogens is 3. The molecule has 14 heteroatoms. The smallest absolute Gasteiger partial charge is 0.301 e. The summed E-state index contributed by atoms with van der Waals surface area (Å²) >= 11 is 0. The van der Waals surface area contributed by atoms with E-state index in [-0.39, 0.29) is 18.4 Å². The van der Waals surface area contributed by atoms with E-state index in [4.69, 9.17) is 15.0 Å². The molecule has 0 spiro atoms. The van der Waals surface area contributed by atoms with Gasteiger partial charge in [0.2, 0.25) is 5.91 Å². The lowest BCUT2D eigenvalue weighted by molar-refractivity contribution is -0.131. The first kappa shape index (κ1) is 31.4. The fourth-order valence-corrected chi connectivity index (χ4v) is 6.08. The van der Waals surface area contributed by atoms with Crippen molar-refractivity contribution in [1.29, 1.82) is 5.26 Å². The van der Waals surface area contributed by atoms with Gasteiger partial charge in [-0.25, -0.2) is 4.98 Å². The molecule has 0 bridgehead atoms. The molecule has 2 N–H and O–H groups in total. The summed E-state index contributed by atoms with van der Waals surface area (Å²) in [4.78, 5) is 23.5. The van der Waals surface area contributed by atoms with Crippen LogP contribution in [0.1, 0.15) is 19.3 Å². The summed E-state index contributed by atoms with van der Waals surface area (Å²) in [5.74, 6) is -0.173. The molecule has 1 atom stereocenters. The summed E-state index contributed by atoms with van der Waals surface area (Å²) in [6, 6.07) is 8.22. The number of nitrogens with zero attached hydrogens (tertiary/aromatic N) is 6. The number of hydrogen-bond acceptors (Lipinski definition) is 8. The third-order valence-electron chi connectivity index (χ3n) is 7.13. The van der Waals surface area contributed by atoms with Gasteiger partial charge in [-0.2, -0.15) is 18.0 Å². The highest BCUT2D eigenvalue weighted by molar-refractivity contribution is 7.90. The van der Waals surface area contributed by atoms with Crippen molar-refractivity contribution in [2.45, 2.75) is 57.7 Å². The van der Waals surface area contributed by atoms with Crippen LogP contribution >= 0.6 is 0 Å². The molecule has 3 aromatic rings. The van der Waals surface area contributed by atoms with E-state index in [1.165, 1.54) is 14.1 Å². The Balaban J connectivity index is 1.69. The minimum Gasteiger partial charge on any atom is -0.379 e. The molecule has 0 aromatic carbocycles. The summed E-state index contributed by atoms with van der Waals surface area (Å²) in [5, 5.41) is 13.5. The Morgan fingerprint density at radius 3 is 2.76 bits per heavy atom. The average Bonchev–Trinajstić information content (AvgIpc) is 3.34. The predicted molar refractivity (Wildman–Crippen MR) is 167 cm³/mol. The molecule has 4 rings (SSSR count). The van der Waals surface area contributed by atoms with E-state index in [9.17, 15) is 13.2 Å². The first-order chi connectivity index (χ1) is 19.9. The zero-order valence-corrected chi connectivity index (χ0v) is 26.7. The number of carbonyl (C=O) groups excluding carboxylic acids is 1. The SMILES string of the molecule is CN(C)S(=O)(=O)Nc1ccnc(-c2cnc3c(ccn3COCC[Si](C)(C)C)c2N[C@@H]2CCCN(C(=O)CC#N)C2)c1. The number of anilines is 2. The maximum Gasteiger partial charge on any atom is 0.301 e. The lowest BCUT2D eigenvalue weighted by Gasteiger charge is -2.34. The molecule has 226 valence electrons.